The lowest BCUT2D eigenvalue weighted by Gasteiger charge is -2.17. The minimum Gasteiger partial charge on any atom is -0.481 e. The molecule has 0 bridgehead atoms. The smallest absolute Gasteiger partial charge is 0.260 e. The first-order valence-corrected chi connectivity index (χ1v) is 6.25. The number of methoxy groups -OCH3 is 1. The average molecular weight is 266 g/mol. The molecule has 3 N–H and O–H groups in total. The summed E-state index contributed by atoms with van der Waals surface area (Å²) in [7, 11) is 1.59. The van der Waals surface area contributed by atoms with Crippen molar-refractivity contribution in [2.45, 2.75) is 26.9 Å². The highest BCUT2D eigenvalue weighted by Gasteiger charge is 2.15. The first-order valence-electron chi connectivity index (χ1n) is 6.25. The second kappa shape index (κ2) is 6.99. The second-order valence-corrected chi connectivity index (χ2v) is 4.52. The quantitative estimate of drug-likeness (QED) is 0.603. The number of carbonyl (C=O) groups excluding carboxylic acids is 1. The Morgan fingerprint density at radius 1 is 1.37 bits per heavy atom. The van der Waals surface area contributed by atoms with Crippen molar-refractivity contribution < 1.29 is 14.3 Å². The van der Waals surface area contributed by atoms with Gasteiger partial charge in [0.05, 0.1) is 6.61 Å². The van der Waals surface area contributed by atoms with E-state index in [-0.39, 0.29) is 5.91 Å². The largest absolute Gasteiger partial charge is 0.481 e. The molecule has 1 aromatic rings. The number of hydrogen-bond donors (Lipinski definition) is 2. The molecule has 106 valence electrons. The molecule has 0 radical (unpaired) electrons. The van der Waals surface area contributed by atoms with Crippen molar-refractivity contribution in [3.63, 3.8) is 0 Å². The summed E-state index contributed by atoms with van der Waals surface area (Å²) in [6.45, 7) is 6.52. The van der Waals surface area contributed by atoms with E-state index in [1.165, 1.54) is 0 Å². The molecule has 1 amide bonds. The predicted octanol–water partition coefficient (Wildman–Crippen LogP) is 1.42. The number of rotatable bonds is 6. The molecule has 0 aliphatic carbocycles. The number of nitrogens with two attached hydrogens (primary N) is 1. The topological polar surface area (TPSA) is 73.6 Å². The van der Waals surface area contributed by atoms with Crippen molar-refractivity contribution in [1.82, 2.24) is 5.32 Å². The number of carbonyl (C=O) groups is 1. The Morgan fingerprint density at radius 2 is 2.05 bits per heavy atom. The van der Waals surface area contributed by atoms with Gasteiger partial charge in [-0.25, -0.2) is 0 Å². The van der Waals surface area contributed by atoms with E-state index in [1.807, 2.05) is 19.9 Å². The Morgan fingerprint density at radius 3 is 2.68 bits per heavy atom. The number of nitrogen functional groups attached to an aromatic ring is 1. The molecule has 0 aliphatic rings. The average Bonchev–Trinajstić information content (AvgIpc) is 2.36. The number of benzene rings is 1. The minimum atomic E-state index is -0.572. The molecular formula is C14H22N2O3. The molecule has 5 heteroatoms. The number of amides is 1. The highest BCUT2D eigenvalue weighted by atomic mass is 16.5. The van der Waals surface area contributed by atoms with Gasteiger partial charge in [0.15, 0.2) is 6.10 Å². The van der Waals surface area contributed by atoms with Gasteiger partial charge in [0.25, 0.3) is 5.91 Å². The third-order valence-electron chi connectivity index (χ3n) is 2.84. The van der Waals surface area contributed by atoms with Gasteiger partial charge in [0.2, 0.25) is 0 Å². The number of ether oxygens (including phenoxy) is 2. The van der Waals surface area contributed by atoms with Gasteiger partial charge in [0, 0.05) is 25.4 Å². The monoisotopic (exact) mass is 266 g/mol. The lowest BCUT2D eigenvalue weighted by molar-refractivity contribution is -0.127. The number of hydrogen-bond acceptors (Lipinski definition) is 4. The van der Waals surface area contributed by atoms with Crippen LogP contribution in [0.25, 0.3) is 0 Å². The van der Waals surface area contributed by atoms with Crippen LogP contribution >= 0.6 is 0 Å². The van der Waals surface area contributed by atoms with Crippen molar-refractivity contribution in [3.05, 3.63) is 23.3 Å². The van der Waals surface area contributed by atoms with E-state index in [2.05, 4.69) is 5.32 Å². The summed E-state index contributed by atoms with van der Waals surface area (Å²) in [4.78, 5) is 11.8. The molecule has 19 heavy (non-hydrogen) atoms. The molecule has 0 aromatic heterocycles. The lowest BCUT2D eigenvalue weighted by Crippen LogP contribution is -2.38. The van der Waals surface area contributed by atoms with Gasteiger partial charge >= 0.3 is 0 Å². The molecule has 0 heterocycles. The van der Waals surface area contributed by atoms with Crippen LogP contribution in [0.2, 0.25) is 0 Å². The van der Waals surface area contributed by atoms with E-state index in [9.17, 15) is 4.79 Å². The summed E-state index contributed by atoms with van der Waals surface area (Å²) in [5.74, 6) is 0.466. The highest BCUT2D eigenvalue weighted by Crippen LogP contribution is 2.25. The summed E-state index contributed by atoms with van der Waals surface area (Å²) < 4.78 is 10.5. The fourth-order valence-corrected chi connectivity index (χ4v) is 1.64. The number of aryl methyl sites for hydroxylation is 2. The number of nitrogens with one attached hydrogen (secondary N) is 1. The van der Waals surface area contributed by atoms with Crippen molar-refractivity contribution in [2.24, 2.45) is 0 Å². The zero-order chi connectivity index (χ0) is 14.4. The van der Waals surface area contributed by atoms with Crippen LogP contribution in [0.5, 0.6) is 5.75 Å². The zero-order valence-electron chi connectivity index (χ0n) is 11.9. The van der Waals surface area contributed by atoms with Gasteiger partial charge in [-0.3, -0.25) is 4.79 Å². The zero-order valence-corrected chi connectivity index (χ0v) is 11.9. The molecule has 1 rings (SSSR count). The Hall–Kier alpha value is -1.75. The first kappa shape index (κ1) is 15.3. The summed E-state index contributed by atoms with van der Waals surface area (Å²) in [5, 5.41) is 2.73. The Labute approximate surface area is 114 Å². The fraction of sp³-hybridized carbons (Fsp3) is 0.500. The van der Waals surface area contributed by atoms with Crippen molar-refractivity contribution in [3.8, 4) is 5.75 Å². The summed E-state index contributed by atoms with van der Waals surface area (Å²) in [5.41, 5.74) is 8.47. The normalized spacial score (nSPS) is 12.0. The first-order chi connectivity index (χ1) is 8.95. The maximum Gasteiger partial charge on any atom is 0.260 e. The molecule has 0 spiro atoms. The molecule has 0 fully saturated rings. The van der Waals surface area contributed by atoms with Gasteiger partial charge in [-0.1, -0.05) is 6.07 Å². The lowest BCUT2D eigenvalue weighted by atomic mass is 10.1. The summed E-state index contributed by atoms with van der Waals surface area (Å²) >= 11 is 0. The molecule has 5 nitrogen and oxygen atoms in total. The van der Waals surface area contributed by atoms with Crippen LogP contribution in [0.15, 0.2) is 12.1 Å². The molecule has 0 aliphatic heterocycles. The van der Waals surface area contributed by atoms with E-state index in [0.29, 0.717) is 24.6 Å². The van der Waals surface area contributed by atoms with E-state index in [4.69, 9.17) is 15.2 Å². The summed E-state index contributed by atoms with van der Waals surface area (Å²) in [6, 6.07) is 3.70. The van der Waals surface area contributed by atoms with E-state index in [0.717, 1.165) is 11.1 Å². The van der Waals surface area contributed by atoms with Crippen LogP contribution in [0.3, 0.4) is 0 Å². The van der Waals surface area contributed by atoms with Crippen LogP contribution in [0.4, 0.5) is 5.69 Å². The molecule has 0 saturated heterocycles. The van der Waals surface area contributed by atoms with Gasteiger partial charge in [0.1, 0.15) is 5.75 Å². The molecule has 1 aromatic carbocycles. The SMILES string of the molecule is COCCNC(=O)C(C)Oc1cc(N)c(C)cc1C. The van der Waals surface area contributed by atoms with Crippen molar-refractivity contribution in [1.29, 1.82) is 0 Å². The van der Waals surface area contributed by atoms with Gasteiger partial charge < -0.3 is 20.5 Å². The van der Waals surface area contributed by atoms with Crippen LogP contribution in [0, 0.1) is 13.8 Å². The van der Waals surface area contributed by atoms with E-state index in [1.54, 1.807) is 20.1 Å². The summed E-state index contributed by atoms with van der Waals surface area (Å²) in [6.07, 6.45) is -0.572. The standard InChI is InChI=1S/C14H22N2O3/c1-9-7-10(2)13(8-12(9)15)19-11(3)14(17)16-5-6-18-4/h7-8,11H,5-6,15H2,1-4H3,(H,16,17). The van der Waals surface area contributed by atoms with Crippen molar-refractivity contribution >= 4 is 11.6 Å². The number of anilines is 1. The predicted molar refractivity (Wildman–Crippen MR) is 75.3 cm³/mol. The molecule has 1 atom stereocenters. The maximum atomic E-state index is 11.8. The fourth-order valence-electron chi connectivity index (χ4n) is 1.64. The Balaban J connectivity index is 2.63. The molecule has 0 saturated carbocycles. The van der Waals surface area contributed by atoms with Gasteiger partial charge in [-0.05, 0) is 31.9 Å². The Bertz CT molecular complexity index is 447. The second-order valence-electron chi connectivity index (χ2n) is 4.52. The van der Waals surface area contributed by atoms with Crippen molar-refractivity contribution in [2.75, 3.05) is 26.0 Å². The third-order valence-corrected chi connectivity index (χ3v) is 2.84. The Kier molecular flexibility index (Phi) is 5.63. The molecule has 1 unspecified atom stereocenters. The van der Waals surface area contributed by atoms with E-state index < -0.39 is 6.10 Å². The minimum absolute atomic E-state index is 0.171. The van der Waals surface area contributed by atoms with Gasteiger partial charge in [-0.2, -0.15) is 0 Å². The van der Waals surface area contributed by atoms with E-state index >= 15 is 0 Å². The van der Waals surface area contributed by atoms with Crippen LogP contribution in [-0.4, -0.2) is 32.3 Å². The third kappa shape index (κ3) is 4.44. The van der Waals surface area contributed by atoms with Crippen LogP contribution in [0.1, 0.15) is 18.1 Å². The van der Waals surface area contributed by atoms with Gasteiger partial charge in [-0.15, -0.1) is 0 Å². The highest BCUT2D eigenvalue weighted by molar-refractivity contribution is 5.80. The van der Waals surface area contributed by atoms with Crippen LogP contribution < -0.4 is 15.8 Å². The van der Waals surface area contributed by atoms with Crippen LogP contribution in [-0.2, 0) is 9.53 Å². The molecular weight excluding hydrogens is 244 g/mol. The maximum absolute atomic E-state index is 11.8.